The Morgan fingerprint density at radius 2 is 2.25 bits per heavy atom. The summed E-state index contributed by atoms with van der Waals surface area (Å²) in [6, 6.07) is 6.61. The van der Waals surface area contributed by atoms with Gasteiger partial charge in [-0.25, -0.2) is 0 Å². The molecule has 0 aliphatic carbocycles. The summed E-state index contributed by atoms with van der Waals surface area (Å²) in [4.78, 5) is 2.43. The van der Waals surface area contributed by atoms with Crippen molar-refractivity contribution in [3.8, 4) is 0 Å². The molecule has 2 nitrogen and oxygen atoms in total. The second kappa shape index (κ2) is 4.64. The molecule has 0 amide bonds. The van der Waals surface area contributed by atoms with Crippen LogP contribution >= 0.6 is 11.6 Å². The predicted molar refractivity (Wildman–Crippen MR) is 70.2 cm³/mol. The Labute approximate surface area is 102 Å². The molecule has 1 aromatic rings. The van der Waals surface area contributed by atoms with E-state index in [1.54, 1.807) is 0 Å². The quantitative estimate of drug-likeness (QED) is 0.859. The average molecular weight is 239 g/mol. The number of nitrogens with two attached hydrogens (primary N) is 1. The van der Waals surface area contributed by atoms with Gasteiger partial charge in [0.05, 0.1) is 0 Å². The highest BCUT2D eigenvalue weighted by Crippen LogP contribution is 2.32. The lowest BCUT2D eigenvalue weighted by atomic mass is 10.0. The van der Waals surface area contributed by atoms with Gasteiger partial charge in [0.25, 0.3) is 0 Å². The molecule has 2 N–H and O–H groups in total. The van der Waals surface area contributed by atoms with E-state index in [9.17, 15) is 0 Å². The van der Waals surface area contributed by atoms with Crippen molar-refractivity contribution in [2.45, 2.75) is 26.3 Å². The molecule has 1 aliphatic heterocycles. The Bertz CT molecular complexity index is 378. The van der Waals surface area contributed by atoms with Crippen LogP contribution in [0.5, 0.6) is 0 Å². The fourth-order valence-electron chi connectivity index (χ4n) is 2.55. The summed E-state index contributed by atoms with van der Waals surface area (Å²) in [6.45, 7) is 6.25. The fourth-order valence-corrected chi connectivity index (χ4v) is 2.72. The molecule has 88 valence electrons. The summed E-state index contributed by atoms with van der Waals surface area (Å²) in [6.07, 6.45) is 1.18. The van der Waals surface area contributed by atoms with Gasteiger partial charge in [-0.15, -0.1) is 0 Å². The van der Waals surface area contributed by atoms with E-state index in [4.69, 9.17) is 17.3 Å². The maximum Gasteiger partial charge on any atom is 0.0426 e. The molecule has 3 heteroatoms. The van der Waals surface area contributed by atoms with Gasteiger partial charge >= 0.3 is 0 Å². The van der Waals surface area contributed by atoms with Crippen LogP contribution in [-0.2, 0) is 0 Å². The Balaban J connectivity index is 2.28. The van der Waals surface area contributed by atoms with Gasteiger partial charge in [0, 0.05) is 23.3 Å². The van der Waals surface area contributed by atoms with Crippen LogP contribution in [0.3, 0.4) is 0 Å². The Kier molecular flexibility index (Phi) is 3.41. The van der Waals surface area contributed by atoms with Crippen molar-refractivity contribution in [1.82, 2.24) is 0 Å². The summed E-state index contributed by atoms with van der Waals surface area (Å²) in [5.74, 6) is 0.610. The molecule has 1 heterocycles. The summed E-state index contributed by atoms with van der Waals surface area (Å²) in [5, 5.41) is 0.809. The zero-order valence-corrected chi connectivity index (χ0v) is 10.7. The minimum absolute atomic E-state index is 0.516. The monoisotopic (exact) mass is 238 g/mol. The van der Waals surface area contributed by atoms with Crippen molar-refractivity contribution in [2.75, 3.05) is 18.0 Å². The summed E-state index contributed by atoms with van der Waals surface area (Å²) < 4.78 is 0. The van der Waals surface area contributed by atoms with Gasteiger partial charge in [-0.05, 0) is 50.4 Å². The highest BCUT2D eigenvalue weighted by Gasteiger charge is 2.30. The number of anilines is 1. The van der Waals surface area contributed by atoms with Crippen molar-refractivity contribution in [3.05, 3.63) is 28.8 Å². The number of nitrogens with zero attached hydrogens (tertiary/aromatic N) is 1. The van der Waals surface area contributed by atoms with Crippen molar-refractivity contribution in [1.29, 1.82) is 0 Å². The van der Waals surface area contributed by atoms with Crippen molar-refractivity contribution < 1.29 is 0 Å². The van der Waals surface area contributed by atoms with E-state index in [0.717, 1.165) is 18.1 Å². The van der Waals surface area contributed by atoms with Crippen molar-refractivity contribution >= 4 is 17.3 Å². The van der Waals surface area contributed by atoms with Crippen LogP contribution in [0.2, 0.25) is 5.02 Å². The third kappa shape index (κ3) is 2.04. The average Bonchev–Trinajstić information content (AvgIpc) is 2.63. The molecule has 0 radical (unpaired) electrons. The first-order valence-corrected chi connectivity index (χ1v) is 6.24. The number of hydrogen-bond acceptors (Lipinski definition) is 2. The van der Waals surface area contributed by atoms with Crippen molar-refractivity contribution in [3.63, 3.8) is 0 Å². The molecule has 1 aliphatic rings. The van der Waals surface area contributed by atoms with Crippen LogP contribution in [-0.4, -0.2) is 19.1 Å². The summed E-state index contributed by atoms with van der Waals surface area (Å²) in [5.41, 5.74) is 8.33. The standard InChI is InChI=1S/C13H19ClN2/c1-9-3-4-12(14)7-13(9)16-6-5-11(8-15)10(16)2/h3-4,7,10-11H,5-6,8,15H2,1-2H3. The Morgan fingerprint density at radius 1 is 1.50 bits per heavy atom. The van der Waals surface area contributed by atoms with Gasteiger partial charge < -0.3 is 10.6 Å². The van der Waals surface area contributed by atoms with Gasteiger partial charge in [-0.3, -0.25) is 0 Å². The minimum Gasteiger partial charge on any atom is -0.368 e. The first kappa shape index (κ1) is 11.7. The normalized spacial score (nSPS) is 25.1. The lowest BCUT2D eigenvalue weighted by Crippen LogP contribution is -2.33. The van der Waals surface area contributed by atoms with Crippen LogP contribution in [0, 0.1) is 12.8 Å². The lowest BCUT2D eigenvalue weighted by Gasteiger charge is -2.28. The molecule has 1 aromatic carbocycles. The van der Waals surface area contributed by atoms with E-state index >= 15 is 0 Å². The van der Waals surface area contributed by atoms with E-state index in [1.807, 2.05) is 6.07 Å². The topological polar surface area (TPSA) is 29.3 Å². The van der Waals surface area contributed by atoms with E-state index < -0.39 is 0 Å². The van der Waals surface area contributed by atoms with Gasteiger partial charge in [0.1, 0.15) is 0 Å². The number of benzene rings is 1. The SMILES string of the molecule is Cc1ccc(Cl)cc1N1CCC(CN)C1C. The molecule has 0 bridgehead atoms. The number of aryl methyl sites for hydroxylation is 1. The zero-order valence-electron chi connectivity index (χ0n) is 9.91. The molecule has 2 unspecified atom stereocenters. The predicted octanol–water partition coefficient (Wildman–Crippen LogP) is 2.82. The molecule has 1 fully saturated rings. The second-order valence-corrected chi connectivity index (χ2v) is 5.09. The number of rotatable bonds is 2. The highest BCUT2D eigenvalue weighted by molar-refractivity contribution is 6.30. The zero-order chi connectivity index (χ0) is 11.7. The number of hydrogen-bond donors (Lipinski definition) is 1. The van der Waals surface area contributed by atoms with Gasteiger partial charge in [-0.1, -0.05) is 17.7 Å². The molecular weight excluding hydrogens is 220 g/mol. The van der Waals surface area contributed by atoms with Crippen LogP contribution < -0.4 is 10.6 Å². The molecule has 16 heavy (non-hydrogen) atoms. The number of halogens is 1. The molecule has 2 rings (SSSR count). The van der Waals surface area contributed by atoms with Gasteiger partial charge in [0.2, 0.25) is 0 Å². The highest BCUT2D eigenvalue weighted by atomic mass is 35.5. The summed E-state index contributed by atoms with van der Waals surface area (Å²) in [7, 11) is 0. The van der Waals surface area contributed by atoms with Gasteiger partial charge in [0.15, 0.2) is 0 Å². The Morgan fingerprint density at radius 3 is 2.88 bits per heavy atom. The smallest absolute Gasteiger partial charge is 0.0426 e. The van der Waals surface area contributed by atoms with E-state index in [-0.39, 0.29) is 0 Å². The van der Waals surface area contributed by atoms with Crippen LogP contribution in [0.4, 0.5) is 5.69 Å². The van der Waals surface area contributed by atoms with Crippen LogP contribution in [0.15, 0.2) is 18.2 Å². The maximum absolute atomic E-state index is 6.06. The lowest BCUT2D eigenvalue weighted by molar-refractivity contribution is 0.508. The minimum atomic E-state index is 0.516. The third-order valence-corrected chi connectivity index (χ3v) is 3.93. The largest absolute Gasteiger partial charge is 0.368 e. The third-order valence-electron chi connectivity index (χ3n) is 3.70. The van der Waals surface area contributed by atoms with Gasteiger partial charge in [-0.2, -0.15) is 0 Å². The van der Waals surface area contributed by atoms with E-state index in [2.05, 4.69) is 30.9 Å². The van der Waals surface area contributed by atoms with Crippen LogP contribution in [0.1, 0.15) is 18.9 Å². The molecule has 0 spiro atoms. The van der Waals surface area contributed by atoms with E-state index in [0.29, 0.717) is 12.0 Å². The first-order valence-electron chi connectivity index (χ1n) is 5.86. The molecular formula is C13H19ClN2. The second-order valence-electron chi connectivity index (χ2n) is 4.65. The first-order chi connectivity index (χ1) is 7.63. The van der Waals surface area contributed by atoms with E-state index in [1.165, 1.54) is 17.7 Å². The fraction of sp³-hybridized carbons (Fsp3) is 0.538. The maximum atomic E-state index is 6.06. The van der Waals surface area contributed by atoms with Crippen LogP contribution in [0.25, 0.3) is 0 Å². The molecule has 0 aromatic heterocycles. The molecule has 2 atom stereocenters. The summed E-state index contributed by atoms with van der Waals surface area (Å²) >= 11 is 6.06. The van der Waals surface area contributed by atoms with Crippen molar-refractivity contribution in [2.24, 2.45) is 11.7 Å². The molecule has 0 saturated carbocycles. The Hall–Kier alpha value is -0.730. The molecule has 1 saturated heterocycles.